The van der Waals surface area contributed by atoms with E-state index in [1.165, 1.54) is 10.6 Å². The van der Waals surface area contributed by atoms with E-state index in [1.807, 2.05) is 24.3 Å². The van der Waals surface area contributed by atoms with Crippen LogP contribution in [-0.4, -0.2) is 17.6 Å². The summed E-state index contributed by atoms with van der Waals surface area (Å²) in [6.45, 7) is 2.13. The Hall–Kier alpha value is -2.93. The largest absolute Gasteiger partial charge is 0.497 e. The van der Waals surface area contributed by atoms with Gasteiger partial charge in [-0.15, -0.1) is 0 Å². The van der Waals surface area contributed by atoms with E-state index in [9.17, 15) is 14.0 Å². The Morgan fingerprint density at radius 1 is 1.19 bits per heavy atom. The predicted octanol–water partition coefficient (Wildman–Crippen LogP) is 3.34. The number of benzene rings is 2. The Morgan fingerprint density at radius 2 is 1.89 bits per heavy atom. The van der Waals surface area contributed by atoms with Gasteiger partial charge in [-0.1, -0.05) is 41.7 Å². The Bertz CT molecular complexity index is 1010. The Kier molecular flexibility index (Phi) is 5.71. The highest BCUT2D eigenvalue weighted by Gasteiger charge is 2.18. The van der Waals surface area contributed by atoms with Crippen LogP contribution in [0.4, 0.5) is 4.39 Å². The van der Waals surface area contributed by atoms with Gasteiger partial charge in [-0.25, -0.2) is 4.39 Å². The highest BCUT2D eigenvalue weighted by Crippen LogP contribution is 2.16. The lowest BCUT2D eigenvalue weighted by atomic mass is 10.2. The van der Waals surface area contributed by atoms with Crippen LogP contribution in [0.15, 0.2) is 53.3 Å². The zero-order chi connectivity index (χ0) is 19.4. The van der Waals surface area contributed by atoms with Crippen LogP contribution in [0, 0.1) is 12.7 Å². The molecule has 140 valence electrons. The maximum absolute atomic E-state index is 13.9. The molecule has 1 heterocycles. The molecule has 0 saturated carbocycles. The highest BCUT2D eigenvalue weighted by molar-refractivity contribution is 7.11. The molecule has 0 saturated heterocycles. The van der Waals surface area contributed by atoms with Crippen molar-refractivity contribution >= 4 is 17.2 Å². The molecule has 5 nitrogen and oxygen atoms in total. The summed E-state index contributed by atoms with van der Waals surface area (Å²) in [6, 6.07) is 13.6. The SMILES string of the molecule is COc1ccc(CNC(=O)c2sc(=O)n(Cc3ccccc3F)c2C)cc1. The molecular weight excluding hydrogens is 367 g/mol. The number of nitrogens with one attached hydrogen (secondary N) is 1. The Labute approximate surface area is 160 Å². The number of methoxy groups -OCH3 is 1. The monoisotopic (exact) mass is 386 g/mol. The number of amides is 1. The van der Waals surface area contributed by atoms with Crippen LogP contribution in [0.3, 0.4) is 0 Å². The number of carbonyl (C=O) groups excluding carboxylic acids is 1. The summed E-state index contributed by atoms with van der Waals surface area (Å²) in [5.74, 6) is 0.0440. The van der Waals surface area contributed by atoms with Gasteiger partial charge in [-0.05, 0) is 30.7 Å². The van der Waals surface area contributed by atoms with Crippen LogP contribution in [0.5, 0.6) is 5.75 Å². The van der Waals surface area contributed by atoms with Gasteiger partial charge in [0.1, 0.15) is 16.4 Å². The van der Waals surface area contributed by atoms with Gasteiger partial charge >= 0.3 is 4.87 Å². The molecule has 1 aromatic heterocycles. The maximum atomic E-state index is 13.9. The topological polar surface area (TPSA) is 60.3 Å². The summed E-state index contributed by atoms with van der Waals surface area (Å²) in [6.07, 6.45) is 0. The van der Waals surface area contributed by atoms with Gasteiger partial charge in [0.15, 0.2) is 0 Å². The first kappa shape index (κ1) is 18.8. The van der Waals surface area contributed by atoms with Crippen molar-refractivity contribution in [2.24, 2.45) is 0 Å². The van der Waals surface area contributed by atoms with Gasteiger partial charge in [-0.2, -0.15) is 0 Å². The molecule has 3 aromatic rings. The van der Waals surface area contributed by atoms with Crippen molar-refractivity contribution in [1.82, 2.24) is 9.88 Å². The lowest BCUT2D eigenvalue weighted by Crippen LogP contribution is -2.23. The van der Waals surface area contributed by atoms with Crippen LogP contribution in [0.2, 0.25) is 0 Å². The number of halogens is 1. The van der Waals surface area contributed by atoms with Crippen molar-refractivity contribution < 1.29 is 13.9 Å². The predicted molar refractivity (Wildman–Crippen MR) is 103 cm³/mol. The van der Waals surface area contributed by atoms with E-state index < -0.39 is 0 Å². The summed E-state index contributed by atoms with van der Waals surface area (Å²) in [5, 5.41) is 2.81. The number of rotatable bonds is 6. The van der Waals surface area contributed by atoms with Crippen molar-refractivity contribution in [1.29, 1.82) is 0 Å². The molecule has 2 aromatic carbocycles. The van der Waals surface area contributed by atoms with Crippen molar-refractivity contribution in [2.45, 2.75) is 20.0 Å². The third-order valence-corrected chi connectivity index (χ3v) is 5.33. The van der Waals surface area contributed by atoms with Crippen molar-refractivity contribution in [3.63, 3.8) is 0 Å². The third-order valence-electron chi connectivity index (χ3n) is 4.25. The van der Waals surface area contributed by atoms with Crippen LogP contribution in [-0.2, 0) is 13.1 Å². The summed E-state index contributed by atoms with van der Waals surface area (Å²) < 4.78 is 20.4. The molecule has 0 aliphatic heterocycles. The summed E-state index contributed by atoms with van der Waals surface area (Å²) in [7, 11) is 1.59. The molecule has 27 heavy (non-hydrogen) atoms. The lowest BCUT2D eigenvalue weighted by molar-refractivity contribution is 0.0954. The van der Waals surface area contributed by atoms with Gasteiger partial charge in [0.25, 0.3) is 5.91 Å². The molecule has 0 bridgehead atoms. The van der Waals surface area contributed by atoms with Crippen LogP contribution in [0.1, 0.15) is 26.5 Å². The minimum atomic E-state index is -0.375. The van der Waals surface area contributed by atoms with Gasteiger partial charge in [0, 0.05) is 17.8 Å². The number of aromatic nitrogens is 1. The smallest absolute Gasteiger partial charge is 0.308 e. The standard InChI is InChI=1S/C20H19FN2O3S/c1-13-18(19(24)22-11-14-7-9-16(26-2)10-8-14)27-20(25)23(13)12-15-5-3-4-6-17(15)21/h3-10H,11-12H2,1-2H3,(H,22,24). The number of hydrogen-bond acceptors (Lipinski definition) is 4. The average molecular weight is 386 g/mol. The quantitative estimate of drug-likeness (QED) is 0.707. The van der Waals surface area contributed by atoms with E-state index in [1.54, 1.807) is 32.2 Å². The maximum Gasteiger partial charge on any atom is 0.308 e. The van der Waals surface area contributed by atoms with Crippen molar-refractivity contribution in [3.8, 4) is 5.75 Å². The molecule has 0 unspecified atom stereocenters. The molecule has 0 fully saturated rings. The fraction of sp³-hybridized carbons (Fsp3) is 0.200. The molecule has 1 amide bonds. The fourth-order valence-corrected chi connectivity index (χ4v) is 3.58. The Balaban J connectivity index is 1.73. The molecule has 0 aliphatic carbocycles. The number of carbonyl (C=O) groups is 1. The fourth-order valence-electron chi connectivity index (χ4n) is 2.67. The summed E-state index contributed by atoms with van der Waals surface area (Å²) in [4.78, 5) is 24.8. The normalized spacial score (nSPS) is 10.6. The number of ether oxygens (including phenoxy) is 1. The number of nitrogens with zero attached hydrogens (tertiary/aromatic N) is 1. The van der Waals surface area contributed by atoms with Gasteiger partial charge in [-0.3, -0.25) is 14.2 Å². The van der Waals surface area contributed by atoms with E-state index >= 15 is 0 Å². The van der Waals surface area contributed by atoms with Gasteiger partial charge in [0.05, 0.1) is 13.7 Å². The zero-order valence-electron chi connectivity index (χ0n) is 15.0. The molecule has 1 N–H and O–H groups in total. The van der Waals surface area contributed by atoms with Crippen molar-refractivity contribution in [3.05, 3.63) is 85.7 Å². The first-order valence-electron chi connectivity index (χ1n) is 8.34. The summed E-state index contributed by atoms with van der Waals surface area (Å²) in [5.41, 5.74) is 1.85. The van der Waals surface area contributed by atoms with E-state index in [0.29, 0.717) is 22.7 Å². The first-order chi connectivity index (χ1) is 13.0. The number of thiazole rings is 1. The Morgan fingerprint density at radius 3 is 2.56 bits per heavy atom. The zero-order valence-corrected chi connectivity index (χ0v) is 15.8. The molecule has 0 atom stereocenters. The van der Waals surface area contributed by atoms with E-state index in [0.717, 1.165) is 22.6 Å². The first-order valence-corrected chi connectivity index (χ1v) is 9.16. The minimum absolute atomic E-state index is 0.0968. The minimum Gasteiger partial charge on any atom is -0.497 e. The van der Waals surface area contributed by atoms with Gasteiger partial charge in [0.2, 0.25) is 0 Å². The highest BCUT2D eigenvalue weighted by atomic mass is 32.1. The second-order valence-corrected chi connectivity index (χ2v) is 6.95. The second kappa shape index (κ2) is 8.18. The van der Waals surface area contributed by atoms with Crippen LogP contribution >= 0.6 is 11.3 Å². The third kappa shape index (κ3) is 4.25. The molecule has 0 radical (unpaired) electrons. The average Bonchev–Trinajstić information content (AvgIpc) is 2.96. The van der Waals surface area contributed by atoms with E-state index in [2.05, 4.69) is 5.32 Å². The van der Waals surface area contributed by atoms with Crippen LogP contribution in [0.25, 0.3) is 0 Å². The number of hydrogen-bond donors (Lipinski definition) is 1. The van der Waals surface area contributed by atoms with Gasteiger partial charge < -0.3 is 10.1 Å². The second-order valence-electron chi connectivity index (χ2n) is 5.99. The molecule has 0 spiro atoms. The van der Waals surface area contributed by atoms with Crippen LogP contribution < -0.4 is 14.9 Å². The van der Waals surface area contributed by atoms with E-state index in [4.69, 9.17) is 4.74 Å². The molecular formula is C20H19FN2O3S. The summed E-state index contributed by atoms with van der Waals surface area (Å²) >= 11 is 0.868. The molecule has 0 aliphatic rings. The molecule has 7 heteroatoms. The lowest BCUT2D eigenvalue weighted by Gasteiger charge is -2.08. The molecule has 3 rings (SSSR count). The van der Waals surface area contributed by atoms with Crippen molar-refractivity contribution in [2.75, 3.05) is 7.11 Å². The van der Waals surface area contributed by atoms with E-state index in [-0.39, 0.29) is 23.1 Å².